The summed E-state index contributed by atoms with van der Waals surface area (Å²) >= 11 is 0. The van der Waals surface area contributed by atoms with Gasteiger partial charge in [-0.3, -0.25) is 4.90 Å². The van der Waals surface area contributed by atoms with Crippen LogP contribution in [0.15, 0.2) is 24.3 Å². The summed E-state index contributed by atoms with van der Waals surface area (Å²) < 4.78 is 5.23. The molecule has 5 nitrogen and oxygen atoms in total. The van der Waals surface area contributed by atoms with Crippen LogP contribution in [0.5, 0.6) is 5.75 Å². The van der Waals surface area contributed by atoms with E-state index in [0.29, 0.717) is 6.54 Å². The summed E-state index contributed by atoms with van der Waals surface area (Å²) in [6, 6.07) is 8.25. The topological polar surface area (TPSA) is 44.8 Å². The second kappa shape index (κ2) is 10.1. The Morgan fingerprint density at radius 2 is 1.61 bits per heavy atom. The number of carbonyl (C=O) groups is 1. The standard InChI is InChI=1S/C18H31N3O2/c1-6-20(7-2)17(14-19-18(22)21(8-3)9-4)15-10-12-16(23-5)13-11-15/h10-13,17H,6-9,14H2,1-5H3,(H,19,22). The maximum absolute atomic E-state index is 12.2. The smallest absolute Gasteiger partial charge is 0.317 e. The molecule has 1 aromatic carbocycles. The maximum atomic E-state index is 12.2. The summed E-state index contributed by atoms with van der Waals surface area (Å²) in [5.41, 5.74) is 1.19. The van der Waals surface area contributed by atoms with Gasteiger partial charge >= 0.3 is 6.03 Å². The molecule has 0 saturated heterocycles. The summed E-state index contributed by atoms with van der Waals surface area (Å²) in [7, 11) is 1.67. The summed E-state index contributed by atoms with van der Waals surface area (Å²) in [4.78, 5) is 16.4. The van der Waals surface area contributed by atoms with Gasteiger partial charge in [-0.1, -0.05) is 26.0 Å². The third-order valence-electron chi connectivity index (χ3n) is 4.25. The van der Waals surface area contributed by atoms with Crippen LogP contribution in [0.3, 0.4) is 0 Å². The van der Waals surface area contributed by atoms with Gasteiger partial charge in [0.05, 0.1) is 13.2 Å². The van der Waals surface area contributed by atoms with Gasteiger partial charge in [0.25, 0.3) is 0 Å². The van der Waals surface area contributed by atoms with E-state index < -0.39 is 0 Å². The summed E-state index contributed by atoms with van der Waals surface area (Å²) in [5.74, 6) is 0.847. The van der Waals surface area contributed by atoms with E-state index in [-0.39, 0.29) is 12.1 Å². The van der Waals surface area contributed by atoms with E-state index >= 15 is 0 Å². The van der Waals surface area contributed by atoms with Crippen LogP contribution in [-0.2, 0) is 0 Å². The van der Waals surface area contributed by atoms with E-state index in [0.717, 1.165) is 31.9 Å². The van der Waals surface area contributed by atoms with Crippen molar-refractivity contribution in [3.05, 3.63) is 29.8 Å². The molecule has 0 saturated carbocycles. The number of methoxy groups -OCH3 is 1. The average Bonchev–Trinajstić information content (AvgIpc) is 2.59. The van der Waals surface area contributed by atoms with Crippen molar-refractivity contribution in [3.8, 4) is 5.75 Å². The zero-order valence-electron chi connectivity index (χ0n) is 15.1. The molecule has 0 aliphatic carbocycles. The molecule has 0 aliphatic heterocycles. The molecule has 1 atom stereocenters. The number of rotatable bonds is 9. The Kier molecular flexibility index (Phi) is 8.48. The summed E-state index contributed by atoms with van der Waals surface area (Å²) in [6.07, 6.45) is 0. The number of likely N-dealkylation sites (N-methyl/N-ethyl adjacent to an activating group) is 1. The highest BCUT2D eigenvalue weighted by Crippen LogP contribution is 2.22. The van der Waals surface area contributed by atoms with E-state index in [9.17, 15) is 4.79 Å². The fourth-order valence-corrected chi connectivity index (χ4v) is 2.75. The van der Waals surface area contributed by atoms with Crippen LogP contribution in [0, 0.1) is 0 Å². The van der Waals surface area contributed by atoms with Crippen molar-refractivity contribution in [2.75, 3.05) is 39.8 Å². The summed E-state index contributed by atoms with van der Waals surface area (Å²) in [6.45, 7) is 12.2. The van der Waals surface area contributed by atoms with Crippen LogP contribution in [0.2, 0.25) is 0 Å². The Morgan fingerprint density at radius 1 is 1.04 bits per heavy atom. The highest BCUT2D eigenvalue weighted by atomic mass is 16.5. The van der Waals surface area contributed by atoms with Gasteiger partial charge in [-0.15, -0.1) is 0 Å². The largest absolute Gasteiger partial charge is 0.497 e. The molecule has 130 valence electrons. The Balaban J connectivity index is 2.85. The van der Waals surface area contributed by atoms with E-state index in [1.54, 1.807) is 12.0 Å². The molecule has 0 fully saturated rings. The minimum absolute atomic E-state index is 0.000618. The highest BCUT2D eigenvalue weighted by Gasteiger charge is 2.20. The molecule has 0 bridgehead atoms. The summed E-state index contributed by atoms with van der Waals surface area (Å²) in [5, 5.41) is 3.07. The van der Waals surface area contributed by atoms with Crippen molar-refractivity contribution in [2.24, 2.45) is 0 Å². The van der Waals surface area contributed by atoms with E-state index in [4.69, 9.17) is 4.74 Å². The molecular formula is C18H31N3O2. The van der Waals surface area contributed by atoms with Crippen molar-refractivity contribution < 1.29 is 9.53 Å². The molecule has 5 heteroatoms. The first kappa shape index (κ1) is 19.3. The van der Waals surface area contributed by atoms with Gasteiger partial charge in [0.2, 0.25) is 0 Å². The van der Waals surface area contributed by atoms with Gasteiger partial charge in [0.1, 0.15) is 5.75 Å². The van der Waals surface area contributed by atoms with Crippen molar-refractivity contribution in [2.45, 2.75) is 33.7 Å². The molecule has 1 unspecified atom stereocenters. The van der Waals surface area contributed by atoms with Gasteiger partial charge < -0.3 is 15.0 Å². The molecule has 0 radical (unpaired) electrons. The lowest BCUT2D eigenvalue weighted by molar-refractivity contribution is 0.186. The maximum Gasteiger partial charge on any atom is 0.317 e. The number of amides is 2. The van der Waals surface area contributed by atoms with Gasteiger partial charge in [-0.25, -0.2) is 4.79 Å². The van der Waals surface area contributed by atoms with Crippen LogP contribution >= 0.6 is 0 Å². The zero-order valence-corrected chi connectivity index (χ0v) is 15.1. The molecule has 1 rings (SSSR count). The monoisotopic (exact) mass is 321 g/mol. The average molecular weight is 321 g/mol. The lowest BCUT2D eigenvalue weighted by atomic mass is 10.0. The quantitative estimate of drug-likeness (QED) is 0.760. The predicted molar refractivity (Wildman–Crippen MR) is 95.0 cm³/mol. The Bertz CT molecular complexity index is 454. The first-order valence-electron chi connectivity index (χ1n) is 8.51. The molecule has 0 heterocycles. The number of urea groups is 1. The molecule has 0 spiro atoms. The van der Waals surface area contributed by atoms with Crippen LogP contribution in [0.4, 0.5) is 4.79 Å². The Morgan fingerprint density at radius 3 is 2.04 bits per heavy atom. The SMILES string of the molecule is CCN(CC)C(=O)NCC(c1ccc(OC)cc1)N(CC)CC. The van der Waals surface area contributed by atoms with Crippen LogP contribution in [0.25, 0.3) is 0 Å². The zero-order chi connectivity index (χ0) is 17.2. The lowest BCUT2D eigenvalue weighted by Gasteiger charge is -2.31. The molecule has 0 aromatic heterocycles. The fraction of sp³-hybridized carbons (Fsp3) is 0.611. The molecular weight excluding hydrogens is 290 g/mol. The first-order valence-corrected chi connectivity index (χ1v) is 8.51. The number of hydrogen-bond acceptors (Lipinski definition) is 3. The second-order valence-corrected chi connectivity index (χ2v) is 5.37. The third-order valence-corrected chi connectivity index (χ3v) is 4.25. The van der Waals surface area contributed by atoms with Crippen molar-refractivity contribution in [1.29, 1.82) is 0 Å². The van der Waals surface area contributed by atoms with Gasteiger partial charge in [-0.05, 0) is 44.6 Å². The number of nitrogens with zero attached hydrogens (tertiary/aromatic N) is 2. The second-order valence-electron chi connectivity index (χ2n) is 5.37. The van der Waals surface area contributed by atoms with Crippen molar-refractivity contribution in [1.82, 2.24) is 15.1 Å². The van der Waals surface area contributed by atoms with Crippen LogP contribution < -0.4 is 10.1 Å². The normalized spacial score (nSPS) is 12.1. The third kappa shape index (κ3) is 5.43. The first-order chi connectivity index (χ1) is 11.1. The fourth-order valence-electron chi connectivity index (χ4n) is 2.75. The molecule has 0 aliphatic rings. The predicted octanol–water partition coefficient (Wildman–Crippen LogP) is 3.13. The minimum atomic E-state index is 0.000618. The van der Waals surface area contributed by atoms with Gasteiger partial charge in [0.15, 0.2) is 0 Å². The van der Waals surface area contributed by atoms with Gasteiger partial charge in [0, 0.05) is 19.6 Å². The van der Waals surface area contributed by atoms with Crippen LogP contribution in [0.1, 0.15) is 39.3 Å². The molecule has 1 aromatic rings. The van der Waals surface area contributed by atoms with Crippen LogP contribution in [-0.4, -0.2) is 55.7 Å². The lowest BCUT2D eigenvalue weighted by Crippen LogP contribution is -2.44. The number of carbonyl (C=O) groups excluding carboxylic acids is 1. The minimum Gasteiger partial charge on any atom is -0.497 e. The highest BCUT2D eigenvalue weighted by molar-refractivity contribution is 5.74. The molecule has 2 amide bonds. The van der Waals surface area contributed by atoms with Gasteiger partial charge in [-0.2, -0.15) is 0 Å². The van der Waals surface area contributed by atoms with Crippen molar-refractivity contribution in [3.63, 3.8) is 0 Å². The number of hydrogen-bond donors (Lipinski definition) is 1. The number of benzene rings is 1. The molecule has 23 heavy (non-hydrogen) atoms. The Hall–Kier alpha value is -1.75. The van der Waals surface area contributed by atoms with Crippen molar-refractivity contribution >= 4 is 6.03 Å². The van der Waals surface area contributed by atoms with E-state index in [1.165, 1.54) is 5.56 Å². The van der Waals surface area contributed by atoms with E-state index in [1.807, 2.05) is 26.0 Å². The number of nitrogens with one attached hydrogen (secondary N) is 1. The molecule has 1 N–H and O–H groups in total. The number of ether oxygens (including phenoxy) is 1. The van der Waals surface area contributed by atoms with E-state index in [2.05, 4.69) is 36.2 Å². The Labute approximate surface area is 140 Å².